The van der Waals surface area contributed by atoms with E-state index in [1.54, 1.807) is 25.1 Å². The van der Waals surface area contributed by atoms with Crippen molar-refractivity contribution in [3.63, 3.8) is 0 Å². The molecule has 7 nitrogen and oxygen atoms in total. The zero-order valence-corrected chi connectivity index (χ0v) is 14.4. The Kier molecular flexibility index (Phi) is 4.97. The predicted octanol–water partition coefficient (Wildman–Crippen LogP) is 1.71. The van der Waals surface area contributed by atoms with E-state index in [4.69, 9.17) is 18.0 Å². The summed E-state index contributed by atoms with van der Waals surface area (Å²) in [6.07, 6.45) is -5.57. The average molecular weight is 389 g/mol. The number of carbonyl (C=O) groups is 1. The van der Waals surface area contributed by atoms with Crippen molar-refractivity contribution in [3.05, 3.63) is 50.5 Å². The number of H-pyrrole nitrogens is 1. The van der Waals surface area contributed by atoms with E-state index in [0.717, 1.165) is 10.1 Å². The molecule has 0 aliphatic heterocycles. The van der Waals surface area contributed by atoms with Gasteiger partial charge in [-0.25, -0.2) is 4.79 Å². The van der Waals surface area contributed by atoms with Crippen molar-refractivity contribution in [2.24, 2.45) is 0 Å². The van der Waals surface area contributed by atoms with Gasteiger partial charge in [0.25, 0.3) is 11.2 Å². The van der Waals surface area contributed by atoms with E-state index in [1.165, 1.54) is 6.07 Å². The van der Waals surface area contributed by atoms with E-state index in [2.05, 4.69) is 4.74 Å². The highest BCUT2D eigenvalue weighted by molar-refractivity contribution is 7.71. The van der Waals surface area contributed by atoms with Crippen LogP contribution in [0.1, 0.15) is 11.1 Å². The van der Waals surface area contributed by atoms with E-state index in [0.29, 0.717) is 7.11 Å². The number of esters is 1. The summed E-state index contributed by atoms with van der Waals surface area (Å²) in [7, 11) is 0.638. The highest BCUT2D eigenvalue weighted by Gasteiger charge is 2.64. The van der Waals surface area contributed by atoms with Crippen LogP contribution in [0.25, 0.3) is 5.69 Å². The molecule has 2 aromatic rings. The number of methoxy groups -OCH3 is 1. The van der Waals surface area contributed by atoms with Gasteiger partial charge in [0.15, 0.2) is 4.77 Å². The first-order valence-electron chi connectivity index (χ1n) is 7.05. The van der Waals surface area contributed by atoms with Crippen LogP contribution in [0, 0.1) is 11.7 Å². The first-order valence-corrected chi connectivity index (χ1v) is 7.45. The SMILES string of the molecule is COC(=O)C(O)(c1c(N)n(-c2cccc(C)c2)c(=S)[nH]c1=O)C(F)(F)F. The molecule has 0 bridgehead atoms. The number of anilines is 1. The number of hydrogen-bond donors (Lipinski definition) is 3. The molecule has 1 aromatic carbocycles. The number of nitrogens with one attached hydrogen (secondary N) is 1. The Balaban J connectivity index is 2.95. The summed E-state index contributed by atoms with van der Waals surface area (Å²) in [4.78, 5) is 25.9. The second kappa shape index (κ2) is 6.57. The lowest BCUT2D eigenvalue weighted by molar-refractivity contribution is -0.267. The largest absolute Gasteiger partial charge is 0.466 e. The number of ether oxygens (including phenoxy) is 1. The van der Waals surface area contributed by atoms with Gasteiger partial charge in [-0.15, -0.1) is 0 Å². The number of hydrogen-bond acceptors (Lipinski definition) is 6. The molecule has 1 aromatic heterocycles. The standard InChI is InChI=1S/C15H14F3N3O4S/c1-7-4-3-5-8(6-7)21-10(19)9(11(22)20-13(21)26)14(24,12(23)25-2)15(16,17)18/h3-6,24H,19H2,1-2H3,(H,20,22,26). The van der Waals surface area contributed by atoms with Gasteiger partial charge in [-0.05, 0) is 36.8 Å². The zero-order chi connectivity index (χ0) is 19.9. The first-order chi connectivity index (χ1) is 11.9. The Labute approximate surface area is 149 Å². The fourth-order valence-corrected chi connectivity index (χ4v) is 2.73. The summed E-state index contributed by atoms with van der Waals surface area (Å²) in [5.41, 5.74) is -0.432. The maximum Gasteiger partial charge on any atom is 0.432 e. The molecule has 140 valence electrons. The monoisotopic (exact) mass is 389 g/mol. The minimum atomic E-state index is -5.57. The molecule has 0 radical (unpaired) electrons. The van der Waals surface area contributed by atoms with Crippen molar-refractivity contribution < 1.29 is 27.8 Å². The molecule has 4 N–H and O–H groups in total. The molecule has 0 saturated carbocycles. The number of aromatic amines is 1. The maximum absolute atomic E-state index is 13.5. The van der Waals surface area contributed by atoms with E-state index >= 15 is 0 Å². The Morgan fingerprint density at radius 1 is 1.38 bits per heavy atom. The Hall–Kier alpha value is -2.66. The molecule has 11 heteroatoms. The molecule has 0 aliphatic carbocycles. The minimum absolute atomic E-state index is 0.236. The van der Waals surface area contributed by atoms with E-state index in [1.807, 2.05) is 4.98 Å². The summed E-state index contributed by atoms with van der Waals surface area (Å²) in [6, 6.07) is 6.33. The summed E-state index contributed by atoms with van der Waals surface area (Å²) in [5, 5.41) is 10.1. The number of aromatic nitrogens is 2. The molecule has 0 saturated heterocycles. The number of nitrogen functional groups attached to an aromatic ring is 1. The number of rotatable bonds is 3. The first kappa shape index (κ1) is 19.7. The third-order valence-electron chi connectivity index (χ3n) is 3.66. The molecular formula is C15H14F3N3O4S. The van der Waals surface area contributed by atoms with Crippen LogP contribution < -0.4 is 11.3 Å². The number of aliphatic hydroxyl groups is 1. The average Bonchev–Trinajstić information content (AvgIpc) is 2.52. The predicted molar refractivity (Wildman–Crippen MR) is 88.3 cm³/mol. The van der Waals surface area contributed by atoms with Gasteiger partial charge in [0.2, 0.25) is 0 Å². The smallest absolute Gasteiger partial charge is 0.432 e. The van der Waals surface area contributed by atoms with Gasteiger partial charge in [0.1, 0.15) is 11.4 Å². The zero-order valence-electron chi connectivity index (χ0n) is 13.5. The molecule has 0 aliphatic rings. The van der Waals surface area contributed by atoms with Crippen molar-refractivity contribution in [3.8, 4) is 5.69 Å². The van der Waals surface area contributed by atoms with Crippen molar-refractivity contribution in [2.45, 2.75) is 18.7 Å². The fourth-order valence-electron chi connectivity index (χ4n) is 2.43. The lowest BCUT2D eigenvalue weighted by Crippen LogP contribution is -2.53. The van der Waals surface area contributed by atoms with Crippen LogP contribution in [0.15, 0.2) is 29.1 Å². The van der Waals surface area contributed by atoms with Crippen LogP contribution >= 0.6 is 12.2 Å². The molecule has 26 heavy (non-hydrogen) atoms. The van der Waals surface area contributed by atoms with E-state index in [9.17, 15) is 27.9 Å². The lowest BCUT2D eigenvalue weighted by Gasteiger charge is -2.29. The topological polar surface area (TPSA) is 110 Å². The Morgan fingerprint density at radius 2 is 2.00 bits per heavy atom. The summed E-state index contributed by atoms with van der Waals surface area (Å²) in [6.45, 7) is 1.72. The third kappa shape index (κ3) is 2.99. The van der Waals surface area contributed by atoms with Gasteiger partial charge in [-0.2, -0.15) is 13.2 Å². The van der Waals surface area contributed by atoms with E-state index < -0.39 is 34.7 Å². The number of benzene rings is 1. The quantitative estimate of drug-likeness (QED) is 0.545. The number of carbonyl (C=O) groups excluding carboxylic acids is 1. The van der Waals surface area contributed by atoms with Gasteiger partial charge in [-0.3, -0.25) is 14.3 Å². The Bertz CT molecular complexity index is 983. The second-order valence-corrected chi connectivity index (χ2v) is 5.78. The van der Waals surface area contributed by atoms with Crippen LogP contribution in [0.2, 0.25) is 0 Å². The van der Waals surface area contributed by atoms with Crippen LogP contribution in [-0.2, 0) is 15.1 Å². The molecule has 1 atom stereocenters. The number of halogens is 3. The number of aryl methyl sites for hydroxylation is 1. The third-order valence-corrected chi connectivity index (χ3v) is 3.95. The molecule has 0 spiro atoms. The van der Waals surface area contributed by atoms with Crippen LogP contribution in [0.5, 0.6) is 0 Å². The molecule has 0 amide bonds. The number of nitrogens with zero attached hydrogens (tertiary/aromatic N) is 1. The van der Waals surface area contributed by atoms with Gasteiger partial charge >= 0.3 is 12.1 Å². The fraction of sp³-hybridized carbons (Fsp3) is 0.267. The number of nitrogens with two attached hydrogens (primary N) is 1. The number of alkyl halides is 3. The minimum Gasteiger partial charge on any atom is -0.466 e. The summed E-state index contributed by atoms with van der Waals surface area (Å²) in [5.74, 6) is -2.94. The maximum atomic E-state index is 13.5. The van der Waals surface area contributed by atoms with Crippen LogP contribution in [-0.4, -0.2) is 33.9 Å². The van der Waals surface area contributed by atoms with Gasteiger partial charge < -0.3 is 15.6 Å². The highest BCUT2D eigenvalue weighted by Crippen LogP contribution is 2.41. The molecular weight excluding hydrogens is 375 g/mol. The molecule has 1 unspecified atom stereocenters. The van der Waals surface area contributed by atoms with Crippen LogP contribution in [0.4, 0.5) is 19.0 Å². The Morgan fingerprint density at radius 3 is 2.50 bits per heavy atom. The van der Waals surface area contributed by atoms with Crippen molar-refractivity contribution in [1.29, 1.82) is 0 Å². The summed E-state index contributed by atoms with van der Waals surface area (Å²) < 4.78 is 45.1. The second-order valence-electron chi connectivity index (χ2n) is 5.39. The summed E-state index contributed by atoms with van der Waals surface area (Å²) >= 11 is 4.97. The van der Waals surface area contributed by atoms with Crippen molar-refractivity contribution in [1.82, 2.24) is 9.55 Å². The lowest BCUT2D eigenvalue weighted by atomic mass is 9.94. The van der Waals surface area contributed by atoms with Gasteiger partial charge in [0, 0.05) is 0 Å². The van der Waals surface area contributed by atoms with Crippen molar-refractivity contribution >= 4 is 24.0 Å². The molecule has 0 fully saturated rings. The molecule has 2 rings (SSSR count). The van der Waals surface area contributed by atoms with Gasteiger partial charge in [0.05, 0.1) is 12.8 Å². The normalized spacial score (nSPS) is 13.9. The van der Waals surface area contributed by atoms with Gasteiger partial charge in [-0.1, -0.05) is 12.1 Å². The highest BCUT2D eigenvalue weighted by atomic mass is 32.1. The van der Waals surface area contributed by atoms with Crippen molar-refractivity contribution in [2.75, 3.05) is 12.8 Å². The van der Waals surface area contributed by atoms with E-state index in [-0.39, 0.29) is 10.5 Å². The van der Waals surface area contributed by atoms with Crippen LogP contribution in [0.3, 0.4) is 0 Å². The molecule has 1 heterocycles.